The standard InChI is InChI=1S/C12H24N2O3Si/c1-7-10-11(14-17-13-10)15-8-9-16-18(5,6)12(2,3)4/h7-9H2,1-6H3. The third kappa shape index (κ3) is 3.81. The topological polar surface area (TPSA) is 57.4 Å². The van der Waals surface area contributed by atoms with Crippen LogP contribution in [0.4, 0.5) is 0 Å². The normalized spacial score (nSPS) is 12.8. The van der Waals surface area contributed by atoms with Gasteiger partial charge in [-0.1, -0.05) is 32.9 Å². The Labute approximate surface area is 110 Å². The highest BCUT2D eigenvalue weighted by atomic mass is 28.4. The van der Waals surface area contributed by atoms with Gasteiger partial charge in [0.25, 0.3) is 5.88 Å². The van der Waals surface area contributed by atoms with E-state index in [1.807, 2.05) is 6.92 Å². The molecule has 0 aromatic carbocycles. The van der Waals surface area contributed by atoms with Crippen LogP contribution in [0.15, 0.2) is 4.63 Å². The first-order chi connectivity index (χ1) is 8.28. The van der Waals surface area contributed by atoms with Gasteiger partial charge in [0, 0.05) is 0 Å². The summed E-state index contributed by atoms with van der Waals surface area (Å²) >= 11 is 0. The molecule has 0 saturated carbocycles. The molecule has 5 nitrogen and oxygen atoms in total. The molecule has 0 N–H and O–H groups in total. The van der Waals surface area contributed by atoms with E-state index < -0.39 is 8.32 Å². The van der Waals surface area contributed by atoms with Crippen molar-refractivity contribution >= 4 is 8.32 Å². The Balaban J connectivity index is 2.36. The molecule has 0 aliphatic rings. The number of rotatable bonds is 6. The number of ether oxygens (including phenoxy) is 1. The van der Waals surface area contributed by atoms with Crippen molar-refractivity contribution in [2.24, 2.45) is 0 Å². The highest BCUT2D eigenvalue weighted by molar-refractivity contribution is 6.74. The Morgan fingerprint density at radius 1 is 1.17 bits per heavy atom. The highest BCUT2D eigenvalue weighted by Crippen LogP contribution is 2.36. The largest absolute Gasteiger partial charge is 0.472 e. The lowest BCUT2D eigenvalue weighted by Gasteiger charge is -2.36. The molecular weight excluding hydrogens is 248 g/mol. The number of aromatic nitrogens is 2. The van der Waals surface area contributed by atoms with Gasteiger partial charge in [-0.2, -0.15) is 0 Å². The van der Waals surface area contributed by atoms with Gasteiger partial charge in [-0.25, -0.2) is 4.63 Å². The number of hydrogen-bond acceptors (Lipinski definition) is 5. The molecule has 0 aliphatic heterocycles. The molecule has 1 rings (SSSR count). The van der Waals surface area contributed by atoms with Crippen molar-refractivity contribution in [2.75, 3.05) is 13.2 Å². The highest BCUT2D eigenvalue weighted by Gasteiger charge is 2.36. The first-order valence-electron chi connectivity index (χ1n) is 6.36. The molecule has 6 heteroatoms. The van der Waals surface area contributed by atoms with Crippen LogP contribution in [0.25, 0.3) is 0 Å². The molecule has 1 aromatic heterocycles. The average molecular weight is 272 g/mol. The Hall–Kier alpha value is -0.883. The lowest BCUT2D eigenvalue weighted by molar-refractivity contribution is 0.189. The maximum atomic E-state index is 6.00. The average Bonchev–Trinajstić information content (AvgIpc) is 2.70. The molecule has 0 bridgehead atoms. The molecule has 18 heavy (non-hydrogen) atoms. The van der Waals surface area contributed by atoms with Gasteiger partial charge in [0.05, 0.1) is 6.61 Å². The fourth-order valence-electron chi connectivity index (χ4n) is 1.18. The molecule has 104 valence electrons. The monoisotopic (exact) mass is 272 g/mol. The van der Waals surface area contributed by atoms with E-state index >= 15 is 0 Å². The minimum Gasteiger partial charge on any atom is -0.472 e. The molecule has 1 aromatic rings. The first kappa shape index (κ1) is 15.2. The van der Waals surface area contributed by atoms with E-state index in [9.17, 15) is 0 Å². The van der Waals surface area contributed by atoms with Gasteiger partial charge in [0.1, 0.15) is 12.3 Å². The van der Waals surface area contributed by atoms with Crippen LogP contribution in [0.3, 0.4) is 0 Å². The maximum Gasteiger partial charge on any atom is 0.279 e. The van der Waals surface area contributed by atoms with Gasteiger partial charge < -0.3 is 9.16 Å². The minimum absolute atomic E-state index is 0.219. The van der Waals surface area contributed by atoms with Crippen molar-refractivity contribution in [3.63, 3.8) is 0 Å². The Morgan fingerprint density at radius 2 is 1.83 bits per heavy atom. The van der Waals surface area contributed by atoms with Crippen LogP contribution in [0, 0.1) is 0 Å². The molecule has 0 saturated heterocycles. The van der Waals surface area contributed by atoms with E-state index in [4.69, 9.17) is 9.16 Å². The summed E-state index contributed by atoms with van der Waals surface area (Å²) in [6, 6.07) is 0. The van der Waals surface area contributed by atoms with Crippen LogP contribution in [0.2, 0.25) is 18.1 Å². The summed E-state index contributed by atoms with van der Waals surface area (Å²) in [5.74, 6) is 0.483. The lowest BCUT2D eigenvalue weighted by atomic mass is 10.2. The van der Waals surface area contributed by atoms with Crippen molar-refractivity contribution in [3.05, 3.63) is 5.69 Å². The molecule has 0 aliphatic carbocycles. The maximum absolute atomic E-state index is 6.00. The Kier molecular flexibility index (Phi) is 4.92. The number of nitrogens with zero attached hydrogens (tertiary/aromatic N) is 2. The van der Waals surface area contributed by atoms with E-state index in [1.54, 1.807) is 0 Å². The van der Waals surface area contributed by atoms with Crippen molar-refractivity contribution in [2.45, 2.75) is 52.2 Å². The van der Waals surface area contributed by atoms with Crippen molar-refractivity contribution in [1.29, 1.82) is 0 Å². The van der Waals surface area contributed by atoms with Crippen molar-refractivity contribution in [1.82, 2.24) is 10.3 Å². The van der Waals surface area contributed by atoms with E-state index in [1.165, 1.54) is 0 Å². The second-order valence-corrected chi connectivity index (χ2v) is 10.6. The predicted octanol–water partition coefficient (Wildman–Crippen LogP) is 3.03. The van der Waals surface area contributed by atoms with Crippen LogP contribution in [0.1, 0.15) is 33.4 Å². The van der Waals surface area contributed by atoms with Crippen LogP contribution in [0.5, 0.6) is 5.88 Å². The summed E-state index contributed by atoms with van der Waals surface area (Å²) in [5, 5.41) is 7.69. The molecule has 1 heterocycles. The van der Waals surface area contributed by atoms with Crippen LogP contribution >= 0.6 is 0 Å². The second-order valence-electron chi connectivity index (χ2n) is 5.83. The number of aryl methyl sites for hydroxylation is 1. The van der Waals surface area contributed by atoms with Crippen molar-refractivity contribution < 1.29 is 13.8 Å². The van der Waals surface area contributed by atoms with E-state index in [-0.39, 0.29) is 5.04 Å². The Bertz CT molecular complexity index is 372. The molecule has 0 radical (unpaired) electrons. The van der Waals surface area contributed by atoms with E-state index in [0.29, 0.717) is 19.1 Å². The third-order valence-electron chi connectivity index (χ3n) is 3.45. The zero-order valence-corrected chi connectivity index (χ0v) is 13.2. The quantitative estimate of drug-likeness (QED) is 0.588. The summed E-state index contributed by atoms with van der Waals surface area (Å²) in [6.45, 7) is 14.1. The lowest BCUT2D eigenvalue weighted by Crippen LogP contribution is -2.41. The smallest absolute Gasteiger partial charge is 0.279 e. The van der Waals surface area contributed by atoms with Gasteiger partial charge >= 0.3 is 0 Å². The molecule has 0 atom stereocenters. The summed E-state index contributed by atoms with van der Waals surface area (Å²) in [5.41, 5.74) is 0.752. The summed E-state index contributed by atoms with van der Waals surface area (Å²) in [7, 11) is -1.69. The summed E-state index contributed by atoms with van der Waals surface area (Å²) in [4.78, 5) is 0. The SMILES string of the molecule is CCc1nonc1OCCO[Si](C)(C)C(C)(C)C. The summed E-state index contributed by atoms with van der Waals surface area (Å²) < 4.78 is 16.1. The first-order valence-corrected chi connectivity index (χ1v) is 9.27. The van der Waals surface area contributed by atoms with E-state index in [0.717, 1.165) is 12.1 Å². The van der Waals surface area contributed by atoms with Gasteiger partial charge in [-0.15, -0.1) is 0 Å². The zero-order chi connectivity index (χ0) is 13.8. The second kappa shape index (κ2) is 5.84. The third-order valence-corrected chi connectivity index (χ3v) is 7.99. The minimum atomic E-state index is -1.69. The molecule has 0 fully saturated rings. The number of hydrogen-bond donors (Lipinski definition) is 0. The van der Waals surface area contributed by atoms with Gasteiger partial charge in [0.2, 0.25) is 0 Å². The molecule has 0 unspecified atom stereocenters. The van der Waals surface area contributed by atoms with Gasteiger partial charge in [-0.05, 0) is 29.7 Å². The zero-order valence-electron chi connectivity index (χ0n) is 12.2. The van der Waals surface area contributed by atoms with Gasteiger partial charge in [0.15, 0.2) is 8.32 Å². The van der Waals surface area contributed by atoms with E-state index in [2.05, 4.69) is 48.8 Å². The van der Waals surface area contributed by atoms with Gasteiger partial charge in [-0.3, -0.25) is 0 Å². The fourth-order valence-corrected chi connectivity index (χ4v) is 2.20. The molecular formula is C12H24N2O3Si. The summed E-state index contributed by atoms with van der Waals surface area (Å²) in [6.07, 6.45) is 0.752. The van der Waals surface area contributed by atoms with Crippen LogP contribution in [-0.4, -0.2) is 31.8 Å². The Morgan fingerprint density at radius 3 is 2.39 bits per heavy atom. The molecule has 0 amide bonds. The fraction of sp³-hybridized carbons (Fsp3) is 0.833. The predicted molar refractivity (Wildman–Crippen MR) is 72.3 cm³/mol. The van der Waals surface area contributed by atoms with Crippen LogP contribution in [-0.2, 0) is 10.8 Å². The van der Waals surface area contributed by atoms with Crippen molar-refractivity contribution in [3.8, 4) is 5.88 Å². The molecule has 0 spiro atoms. The van der Waals surface area contributed by atoms with Crippen LogP contribution < -0.4 is 4.74 Å².